The Labute approximate surface area is 188 Å². The first-order valence-electron chi connectivity index (χ1n) is 10.6. The summed E-state index contributed by atoms with van der Waals surface area (Å²) in [5, 5.41) is 3.15. The zero-order valence-corrected chi connectivity index (χ0v) is 18.4. The zero-order valence-electron chi connectivity index (χ0n) is 18.4. The lowest BCUT2D eigenvalue weighted by atomic mass is 9.97. The van der Waals surface area contributed by atoms with Gasteiger partial charge in [0.05, 0.1) is 11.6 Å². The molecular formula is C23H23F4N5O. The molecule has 33 heavy (non-hydrogen) atoms. The lowest BCUT2D eigenvalue weighted by Crippen LogP contribution is -2.35. The number of alkyl halides is 3. The van der Waals surface area contributed by atoms with Crippen LogP contribution in [0.1, 0.15) is 30.4 Å². The molecule has 6 nitrogen and oxygen atoms in total. The Morgan fingerprint density at radius 3 is 2.61 bits per heavy atom. The summed E-state index contributed by atoms with van der Waals surface area (Å²) in [6.45, 7) is 5.02. The van der Waals surface area contributed by atoms with E-state index < -0.39 is 30.5 Å². The van der Waals surface area contributed by atoms with Gasteiger partial charge in [-0.1, -0.05) is 6.92 Å². The molecule has 0 spiro atoms. The predicted molar refractivity (Wildman–Crippen MR) is 116 cm³/mol. The molecule has 1 N–H and O–H groups in total. The van der Waals surface area contributed by atoms with E-state index in [0.717, 1.165) is 15.8 Å². The van der Waals surface area contributed by atoms with Crippen molar-refractivity contribution in [1.29, 1.82) is 0 Å². The van der Waals surface area contributed by atoms with Gasteiger partial charge in [0.2, 0.25) is 0 Å². The first-order valence-corrected chi connectivity index (χ1v) is 10.6. The van der Waals surface area contributed by atoms with Gasteiger partial charge in [-0.2, -0.15) is 13.2 Å². The summed E-state index contributed by atoms with van der Waals surface area (Å²) in [4.78, 5) is 26.9. The fraction of sp³-hybridized carbons (Fsp3) is 0.391. The van der Waals surface area contributed by atoms with Crippen LogP contribution in [0.5, 0.6) is 0 Å². The van der Waals surface area contributed by atoms with Crippen LogP contribution in [0.4, 0.5) is 28.0 Å². The maximum absolute atomic E-state index is 14.6. The number of halogens is 4. The number of rotatable bonds is 3. The molecule has 0 unspecified atom stereocenters. The van der Waals surface area contributed by atoms with Crippen molar-refractivity contribution in [3.8, 4) is 11.1 Å². The smallest absolute Gasteiger partial charge is 0.324 e. The highest BCUT2D eigenvalue weighted by Crippen LogP contribution is 2.35. The quantitative estimate of drug-likeness (QED) is 0.529. The van der Waals surface area contributed by atoms with Crippen LogP contribution in [0, 0.1) is 25.6 Å². The second kappa shape index (κ2) is 8.57. The second-order valence-electron chi connectivity index (χ2n) is 8.22. The molecule has 4 rings (SSSR count). The standard InChI is InChI=1S/C23H23F4N5O/c1-4-20-28-10-14-8-17(13(3)29-21(14)31-20)16-9-19(18(24)7-12(16)2)30-22(33)32-6-5-15(11-32)23(25,26)27/h7-10,15H,4-6,11H2,1-3H3,(H,30,33)/t15-/m1/s1. The molecule has 174 valence electrons. The molecule has 0 radical (unpaired) electrons. The van der Waals surface area contributed by atoms with Gasteiger partial charge in [0.15, 0.2) is 5.65 Å². The van der Waals surface area contributed by atoms with Gasteiger partial charge in [-0.3, -0.25) is 0 Å². The van der Waals surface area contributed by atoms with Crippen molar-refractivity contribution >= 4 is 22.8 Å². The number of hydrogen-bond donors (Lipinski definition) is 1. The molecule has 1 atom stereocenters. The Hall–Kier alpha value is -3.30. The number of aryl methyl sites for hydroxylation is 3. The lowest BCUT2D eigenvalue weighted by molar-refractivity contribution is -0.169. The van der Waals surface area contributed by atoms with Gasteiger partial charge in [0.1, 0.15) is 11.6 Å². The molecule has 1 aliphatic heterocycles. The summed E-state index contributed by atoms with van der Waals surface area (Å²) in [6.07, 6.45) is -2.16. The van der Waals surface area contributed by atoms with E-state index in [1.807, 2.05) is 19.9 Å². The number of amides is 2. The Morgan fingerprint density at radius 2 is 1.94 bits per heavy atom. The fourth-order valence-corrected chi connectivity index (χ4v) is 4.00. The van der Waals surface area contributed by atoms with Crippen molar-refractivity contribution in [1.82, 2.24) is 19.9 Å². The normalized spacial score (nSPS) is 16.5. The molecule has 2 aromatic heterocycles. The minimum absolute atomic E-state index is 0.0379. The predicted octanol–water partition coefficient (Wildman–Crippen LogP) is 5.43. The number of nitrogens with one attached hydrogen (secondary N) is 1. The maximum Gasteiger partial charge on any atom is 0.393 e. The number of aromatic nitrogens is 3. The summed E-state index contributed by atoms with van der Waals surface area (Å²) >= 11 is 0. The highest BCUT2D eigenvalue weighted by Gasteiger charge is 2.44. The van der Waals surface area contributed by atoms with E-state index in [1.54, 1.807) is 13.1 Å². The van der Waals surface area contributed by atoms with E-state index in [1.165, 1.54) is 12.1 Å². The van der Waals surface area contributed by atoms with Crippen molar-refractivity contribution in [3.63, 3.8) is 0 Å². The third-order valence-corrected chi connectivity index (χ3v) is 5.91. The molecule has 1 fully saturated rings. The molecule has 2 amide bonds. The lowest BCUT2D eigenvalue weighted by Gasteiger charge is -2.20. The van der Waals surface area contributed by atoms with E-state index >= 15 is 0 Å². The Bertz CT molecular complexity index is 1230. The third kappa shape index (κ3) is 4.60. The highest BCUT2D eigenvalue weighted by molar-refractivity contribution is 5.91. The van der Waals surface area contributed by atoms with E-state index in [2.05, 4.69) is 20.3 Å². The van der Waals surface area contributed by atoms with Crippen molar-refractivity contribution in [2.24, 2.45) is 5.92 Å². The number of urea groups is 1. The van der Waals surface area contributed by atoms with E-state index in [9.17, 15) is 22.4 Å². The monoisotopic (exact) mass is 461 g/mol. The average Bonchev–Trinajstić information content (AvgIpc) is 3.26. The molecule has 1 saturated heterocycles. The van der Waals surface area contributed by atoms with Gasteiger partial charge in [0, 0.05) is 42.4 Å². The van der Waals surface area contributed by atoms with Crippen LogP contribution in [0.2, 0.25) is 0 Å². The van der Waals surface area contributed by atoms with Gasteiger partial charge in [-0.15, -0.1) is 0 Å². The summed E-state index contributed by atoms with van der Waals surface area (Å²) in [7, 11) is 0. The van der Waals surface area contributed by atoms with E-state index in [0.29, 0.717) is 34.7 Å². The second-order valence-corrected chi connectivity index (χ2v) is 8.22. The maximum atomic E-state index is 14.6. The molecule has 0 saturated carbocycles. The van der Waals surface area contributed by atoms with Crippen LogP contribution in [0.3, 0.4) is 0 Å². The fourth-order valence-electron chi connectivity index (χ4n) is 4.00. The van der Waals surface area contributed by atoms with Crippen LogP contribution in [0.25, 0.3) is 22.2 Å². The molecule has 1 aromatic carbocycles. The molecule has 0 aliphatic carbocycles. The Morgan fingerprint density at radius 1 is 1.18 bits per heavy atom. The molecule has 10 heteroatoms. The van der Waals surface area contributed by atoms with Gasteiger partial charge in [-0.25, -0.2) is 24.1 Å². The van der Waals surface area contributed by atoms with Crippen molar-refractivity contribution < 1.29 is 22.4 Å². The highest BCUT2D eigenvalue weighted by atomic mass is 19.4. The van der Waals surface area contributed by atoms with E-state index in [-0.39, 0.29) is 18.7 Å². The van der Waals surface area contributed by atoms with Crippen LogP contribution in [-0.2, 0) is 6.42 Å². The zero-order chi connectivity index (χ0) is 23.9. The Kier molecular flexibility index (Phi) is 5.94. The summed E-state index contributed by atoms with van der Waals surface area (Å²) in [5.74, 6) is -1.55. The number of benzene rings is 1. The SMILES string of the molecule is CCc1ncc2cc(-c3cc(NC(=O)N4CC[C@@H](C(F)(F)F)C4)c(F)cc3C)c(C)nc2n1. The van der Waals surface area contributed by atoms with Crippen LogP contribution in [-0.4, -0.2) is 45.1 Å². The van der Waals surface area contributed by atoms with Gasteiger partial charge in [-0.05, 0) is 49.6 Å². The average molecular weight is 461 g/mol. The number of carbonyl (C=O) groups excluding carboxylic acids is 1. The first kappa shape index (κ1) is 22.9. The van der Waals surface area contributed by atoms with Crippen molar-refractivity contribution in [2.45, 2.75) is 39.8 Å². The van der Waals surface area contributed by atoms with Gasteiger partial charge >= 0.3 is 12.2 Å². The number of pyridine rings is 1. The number of fused-ring (bicyclic) bond motifs is 1. The number of carbonyl (C=O) groups is 1. The number of hydrogen-bond acceptors (Lipinski definition) is 4. The minimum atomic E-state index is -4.36. The molecular weight excluding hydrogens is 438 g/mol. The number of anilines is 1. The number of likely N-dealkylation sites (tertiary alicyclic amines) is 1. The molecule has 0 bridgehead atoms. The molecule has 3 aromatic rings. The topological polar surface area (TPSA) is 71.0 Å². The first-order chi connectivity index (χ1) is 15.6. The molecule has 1 aliphatic rings. The van der Waals surface area contributed by atoms with Crippen molar-refractivity contribution in [3.05, 3.63) is 47.3 Å². The summed E-state index contributed by atoms with van der Waals surface area (Å²) < 4.78 is 53.4. The largest absolute Gasteiger partial charge is 0.393 e. The van der Waals surface area contributed by atoms with Gasteiger partial charge in [0.25, 0.3) is 0 Å². The Balaban J connectivity index is 1.64. The van der Waals surface area contributed by atoms with Gasteiger partial charge < -0.3 is 10.2 Å². The number of nitrogens with zero attached hydrogens (tertiary/aromatic N) is 4. The van der Waals surface area contributed by atoms with E-state index in [4.69, 9.17) is 0 Å². The van der Waals surface area contributed by atoms with Crippen LogP contribution in [0.15, 0.2) is 24.4 Å². The summed E-state index contributed by atoms with van der Waals surface area (Å²) in [5.41, 5.74) is 3.12. The molecule has 3 heterocycles. The van der Waals surface area contributed by atoms with Crippen molar-refractivity contribution in [2.75, 3.05) is 18.4 Å². The van der Waals surface area contributed by atoms with Crippen LogP contribution < -0.4 is 5.32 Å². The minimum Gasteiger partial charge on any atom is -0.324 e. The van der Waals surface area contributed by atoms with Crippen LogP contribution >= 0.6 is 0 Å². The third-order valence-electron chi connectivity index (χ3n) is 5.91. The summed E-state index contributed by atoms with van der Waals surface area (Å²) in [6, 6.07) is 3.87.